The van der Waals surface area contributed by atoms with Gasteiger partial charge in [-0.2, -0.15) is 0 Å². The van der Waals surface area contributed by atoms with Crippen molar-refractivity contribution in [2.75, 3.05) is 14.2 Å². The third kappa shape index (κ3) is 5.48. The highest BCUT2D eigenvalue weighted by molar-refractivity contribution is 5.03. The molecule has 0 amide bonds. The van der Waals surface area contributed by atoms with Gasteiger partial charge < -0.3 is 4.74 Å². The lowest BCUT2D eigenvalue weighted by atomic mass is 10.4. The molecule has 3 nitrogen and oxygen atoms in total. The second-order valence-electron chi connectivity index (χ2n) is 2.21. The van der Waals surface area contributed by atoms with Crippen LogP contribution >= 0.6 is 0 Å². The minimum absolute atomic E-state index is 1.03. The summed E-state index contributed by atoms with van der Waals surface area (Å²) < 4.78 is 4.25. The Bertz CT molecular complexity index is 184. The minimum Gasteiger partial charge on any atom is -0.388 e. The van der Waals surface area contributed by atoms with Crippen LogP contribution in [0.15, 0.2) is 12.4 Å². The fourth-order valence-corrected chi connectivity index (χ4v) is 0.588. The first kappa shape index (κ1) is 10.0. The lowest BCUT2D eigenvalue weighted by molar-refractivity contribution is 0.277. The van der Waals surface area contributed by atoms with Crippen LogP contribution < -0.4 is 0 Å². The van der Waals surface area contributed by atoms with Crippen LogP contribution in [0.2, 0.25) is 0 Å². The first-order chi connectivity index (χ1) is 5.20. The van der Waals surface area contributed by atoms with Gasteiger partial charge in [0.05, 0.1) is 0 Å². The minimum atomic E-state index is 1.03. The first-order valence-electron chi connectivity index (χ1n) is 3.36. The number of hydrogen-bond acceptors (Lipinski definition) is 3. The predicted octanol–water partition coefficient (Wildman–Crippen LogP) is 1.36. The lowest BCUT2D eigenvalue weighted by Crippen LogP contribution is -1.84. The van der Waals surface area contributed by atoms with Crippen LogP contribution in [0.25, 0.3) is 0 Å². The molecule has 11 heavy (non-hydrogen) atoms. The molecule has 0 saturated heterocycles. The standard InChI is InChI=1S/C6H8N2.C2H6O/c1-5-3-6(2)8-4-7-5;1-3-2/h3-4H,1-2H3;1-2H3. The van der Waals surface area contributed by atoms with E-state index in [1.807, 2.05) is 19.9 Å². The summed E-state index contributed by atoms with van der Waals surface area (Å²) >= 11 is 0. The fraction of sp³-hybridized carbons (Fsp3) is 0.500. The van der Waals surface area contributed by atoms with Gasteiger partial charge in [0.2, 0.25) is 0 Å². The number of rotatable bonds is 0. The summed E-state index contributed by atoms with van der Waals surface area (Å²) in [6.45, 7) is 3.91. The molecule has 0 bridgehead atoms. The van der Waals surface area contributed by atoms with Gasteiger partial charge in [-0.1, -0.05) is 0 Å². The topological polar surface area (TPSA) is 35.0 Å². The monoisotopic (exact) mass is 154 g/mol. The zero-order valence-electron chi connectivity index (χ0n) is 7.46. The number of nitrogens with zero attached hydrogens (tertiary/aromatic N) is 2. The Labute approximate surface area is 67.4 Å². The van der Waals surface area contributed by atoms with E-state index in [4.69, 9.17) is 0 Å². The van der Waals surface area contributed by atoms with E-state index in [0.29, 0.717) is 0 Å². The molecule has 62 valence electrons. The van der Waals surface area contributed by atoms with E-state index in [0.717, 1.165) is 11.4 Å². The molecule has 1 aromatic heterocycles. The number of methoxy groups -OCH3 is 1. The zero-order valence-corrected chi connectivity index (χ0v) is 7.46. The first-order valence-corrected chi connectivity index (χ1v) is 3.36. The maximum Gasteiger partial charge on any atom is 0.115 e. The van der Waals surface area contributed by atoms with Crippen LogP contribution in [-0.2, 0) is 4.74 Å². The second kappa shape index (κ2) is 5.80. The van der Waals surface area contributed by atoms with Gasteiger partial charge in [0.1, 0.15) is 6.33 Å². The van der Waals surface area contributed by atoms with Crippen LogP contribution in [0.3, 0.4) is 0 Å². The maximum absolute atomic E-state index is 4.25. The number of hydrogen-bond donors (Lipinski definition) is 0. The van der Waals surface area contributed by atoms with Gasteiger partial charge in [0, 0.05) is 25.6 Å². The Morgan fingerprint density at radius 2 is 1.45 bits per heavy atom. The third-order valence-electron chi connectivity index (χ3n) is 0.941. The Balaban J connectivity index is 0.000000292. The van der Waals surface area contributed by atoms with Crippen molar-refractivity contribution < 1.29 is 4.74 Å². The van der Waals surface area contributed by atoms with Crippen LogP contribution in [0.5, 0.6) is 0 Å². The van der Waals surface area contributed by atoms with E-state index in [2.05, 4.69) is 14.7 Å². The molecule has 0 aliphatic carbocycles. The highest BCUT2D eigenvalue weighted by atomic mass is 16.4. The summed E-state index contributed by atoms with van der Waals surface area (Å²) in [6, 6.07) is 1.94. The molecule has 0 N–H and O–H groups in total. The van der Waals surface area contributed by atoms with Crippen molar-refractivity contribution in [3.05, 3.63) is 23.8 Å². The Morgan fingerprint density at radius 3 is 1.64 bits per heavy atom. The summed E-state index contributed by atoms with van der Waals surface area (Å²) in [6.07, 6.45) is 1.57. The highest BCUT2D eigenvalue weighted by Gasteiger charge is 1.83. The molecule has 1 rings (SSSR count). The lowest BCUT2D eigenvalue weighted by Gasteiger charge is -1.89. The van der Waals surface area contributed by atoms with Gasteiger partial charge in [-0.15, -0.1) is 0 Å². The Morgan fingerprint density at radius 1 is 1.09 bits per heavy atom. The van der Waals surface area contributed by atoms with Gasteiger partial charge in [0.25, 0.3) is 0 Å². The molecule has 1 aromatic rings. The van der Waals surface area contributed by atoms with Crippen molar-refractivity contribution in [2.45, 2.75) is 13.8 Å². The third-order valence-corrected chi connectivity index (χ3v) is 0.941. The molecule has 0 spiro atoms. The molecule has 0 aromatic carbocycles. The highest BCUT2D eigenvalue weighted by Crippen LogP contribution is 1.91. The molecule has 0 aliphatic heterocycles. The molecule has 0 saturated carbocycles. The summed E-state index contributed by atoms with van der Waals surface area (Å²) in [7, 11) is 3.25. The predicted molar refractivity (Wildman–Crippen MR) is 44.4 cm³/mol. The van der Waals surface area contributed by atoms with Crippen molar-refractivity contribution in [1.29, 1.82) is 0 Å². The van der Waals surface area contributed by atoms with Crippen molar-refractivity contribution in [3.8, 4) is 0 Å². The van der Waals surface area contributed by atoms with Crippen LogP contribution in [0.4, 0.5) is 0 Å². The maximum atomic E-state index is 4.25. The van der Waals surface area contributed by atoms with Crippen molar-refractivity contribution in [2.24, 2.45) is 0 Å². The number of aromatic nitrogens is 2. The summed E-state index contributed by atoms with van der Waals surface area (Å²) in [5.41, 5.74) is 2.05. The van der Waals surface area contributed by atoms with Crippen LogP contribution in [-0.4, -0.2) is 24.2 Å². The van der Waals surface area contributed by atoms with Gasteiger partial charge in [-0.05, 0) is 19.9 Å². The molecular weight excluding hydrogens is 140 g/mol. The van der Waals surface area contributed by atoms with E-state index in [1.54, 1.807) is 20.5 Å². The SMILES string of the molecule is COC.Cc1cc(C)ncn1. The average molecular weight is 154 g/mol. The van der Waals surface area contributed by atoms with Gasteiger partial charge in [-0.3, -0.25) is 0 Å². The zero-order chi connectivity index (χ0) is 8.69. The summed E-state index contributed by atoms with van der Waals surface area (Å²) in [5.74, 6) is 0. The second-order valence-corrected chi connectivity index (χ2v) is 2.21. The van der Waals surface area contributed by atoms with E-state index in [9.17, 15) is 0 Å². The van der Waals surface area contributed by atoms with Gasteiger partial charge >= 0.3 is 0 Å². The van der Waals surface area contributed by atoms with E-state index >= 15 is 0 Å². The van der Waals surface area contributed by atoms with Crippen molar-refractivity contribution >= 4 is 0 Å². The number of ether oxygens (including phenoxy) is 1. The molecule has 3 heteroatoms. The van der Waals surface area contributed by atoms with E-state index in [-0.39, 0.29) is 0 Å². The number of aryl methyl sites for hydroxylation is 2. The Hall–Kier alpha value is -0.960. The largest absolute Gasteiger partial charge is 0.388 e. The molecular formula is C8H14N2O. The van der Waals surface area contributed by atoms with Crippen molar-refractivity contribution in [1.82, 2.24) is 9.97 Å². The van der Waals surface area contributed by atoms with E-state index in [1.165, 1.54) is 0 Å². The van der Waals surface area contributed by atoms with E-state index < -0.39 is 0 Å². The summed E-state index contributed by atoms with van der Waals surface area (Å²) in [5, 5.41) is 0. The molecule has 0 radical (unpaired) electrons. The van der Waals surface area contributed by atoms with Gasteiger partial charge in [-0.25, -0.2) is 9.97 Å². The fourth-order valence-electron chi connectivity index (χ4n) is 0.588. The quantitative estimate of drug-likeness (QED) is 0.566. The van der Waals surface area contributed by atoms with Crippen LogP contribution in [0, 0.1) is 13.8 Å². The normalized spacial score (nSPS) is 8.36. The van der Waals surface area contributed by atoms with Gasteiger partial charge in [0.15, 0.2) is 0 Å². The summed E-state index contributed by atoms with van der Waals surface area (Å²) in [4.78, 5) is 7.86. The average Bonchev–Trinajstić information content (AvgIpc) is 1.88. The van der Waals surface area contributed by atoms with Crippen molar-refractivity contribution in [3.63, 3.8) is 0 Å². The smallest absolute Gasteiger partial charge is 0.115 e. The van der Waals surface area contributed by atoms with Crippen LogP contribution in [0.1, 0.15) is 11.4 Å². The molecule has 1 heterocycles. The Kier molecular flexibility index (Phi) is 5.29. The molecule has 0 atom stereocenters. The molecule has 0 fully saturated rings. The molecule has 0 aliphatic rings. The molecule has 0 unspecified atom stereocenters.